The summed E-state index contributed by atoms with van der Waals surface area (Å²) >= 11 is 5.77. The van der Waals surface area contributed by atoms with E-state index >= 15 is 0 Å². The summed E-state index contributed by atoms with van der Waals surface area (Å²) in [4.78, 5) is 12.1. The summed E-state index contributed by atoms with van der Waals surface area (Å²) in [7, 11) is 0. The highest BCUT2D eigenvalue weighted by Crippen LogP contribution is 2.25. The number of hydrogen-bond acceptors (Lipinski definition) is 2. The number of hydrogen-bond donors (Lipinski definition) is 2. The number of carbonyl (C=O) groups excluding carboxylic acids is 1. The van der Waals surface area contributed by atoms with Crippen LogP contribution in [0.1, 0.15) is 15.9 Å². The van der Waals surface area contributed by atoms with Gasteiger partial charge in [0, 0.05) is 0 Å². The van der Waals surface area contributed by atoms with E-state index in [-0.39, 0.29) is 10.6 Å². The van der Waals surface area contributed by atoms with Gasteiger partial charge in [0.1, 0.15) is 5.82 Å². The molecule has 0 atom stereocenters. The van der Waals surface area contributed by atoms with E-state index in [1.165, 1.54) is 18.2 Å². The molecule has 19 heavy (non-hydrogen) atoms. The van der Waals surface area contributed by atoms with Gasteiger partial charge in [-0.2, -0.15) is 0 Å². The van der Waals surface area contributed by atoms with Crippen molar-refractivity contribution in [3.05, 3.63) is 58.4 Å². The summed E-state index contributed by atoms with van der Waals surface area (Å²) in [6.45, 7) is 1.82. The van der Waals surface area contributed by atoms with E-state index in [2.05, 4.69) is 5.32 Å². The lowest BCUT2D eigenvalue weighted by Gasteiger charge is -2.12. The van der Waals surface area contributed by atoms with Gasteiger partial charge in [-0.3, -0.25) is 4.79 Å². The number of aryl methyl sites for hydroxylation is 1. The highest BCUT2D eigenvalue weighted by Gasteiger charge is 2.15. The van der Waals surface area contributed by atoms with Gasteiger partial charge < -0.3 is 11.1 Å². The first-order valence-electron chi connectivity index (χ1n) is 5.61. The molecule has 3 nitrogen and oxygen atoms in total. The zero-order chi connectivity index (χ0) is 14.0. The van der Waals surface area contributed by atoms with E-state index in [0.29, 0.717) is 11.4 Å². The summed E-state index contributed by atoms with van der Waals surface area (Å²) in [6.07, 6.45) is 0. The number of nitrogens with two attached hydrogens (primary N) is 1. The van der Waals surface area contributed by atoms with Crippen LogP contribution >= 0.6 is 11.6 Å². The predicted octanol–water partition coefficient (Wildman–Crippen LogP) is 3.62. The van der Waals surface area contributed by atoms with Crippen LogP contribution in [0.5, 0.6) is 0 Å². The van der Waals surface area contributed by atoms with Crippen molar-refractivity contribution < 1.29 is 9.18 Å². The maximum atomic E-state index is 13.3. The standard InChI is InChI=1S/C14H12ClFN2O/c1-8-4-2-7-11(17)13(8)18-14(19)9-5-3-6-10(16)12(9)15/h2-7H,17H2,1H3,(H,18,19). The number of halogens is 2. The largest absolute Gasteiger partial charge is 0.397 e. The lowest BCUT2D eigenvalue weighted by Crippen LogP contribution is -2.15. The van der Waals surface area contributed by atoms with Crippen molar-refractivity contribution in [1.29, 1.82) is 0 Å². The monoisotopic (exact) mass is 278 g/mol. The molecule has 0 radical (unpaired) electrons. The molecule has 0 spiro atoms. The van der Waals surface area contributed by atoms with E-state index < -0.39 is 11.7 Å². The third kappa shape index (κ3) is 2.69. The molecule has 2 rings (SSSR count). The Morgan fingerprint density at radius 3 is 2.63 bits per heavy atom. The zero-order valence-electron chi connectivity index (χ0n) is 10.2. The number of benzene rings is 2. The number of nitrogen functional groups attached to an aromatic ring is 1. The highest BCUT2D eigenvalue weighted by molar-refractivity contribution is 6.34. The molecular weight excluding hydrogens is 267 g/mol. The Bertz CT molecular complexity index is 623. The molecule has 0 saturated heterocycles. The number of amides is 1. The van der Waals surface area contributed by atoms with Crippen molar-refractivity contribution in [3.63, 3.8) is 0 Å². The van der Waals surface area contributed by atoms with Gasteiger partial charge in [-0.1, -0.05) is 29.8 Å². The second kappa shape index (κ2) is 5.28. The van der Waals surface area contributed by atoms with Crippen molar-refractivity contribution in [2.24, 2.45) is 0 Å². The quantitative estimate of drug-likeness (QED) is 0.824. The molecular formula is C14H12ClFN2O. The Morgan fingerprint density at radius 1 is 1.26 bits per heavy atom. The first-order chi connectivity index (χ1) is 9.00. The van der Waals surface area contributed by atoms with Gasteiger partial charge in [0.15, 0.2) is 0 Å². The Balaban J connectivity index is 2.34. The molecule has 0 fully saturated rings. The van der Waals surface area contributed by atoms with Crippen molar-refractivity contribution in [2.75, 3.05) is 11.1 Å². The third-order valence-electron chi connectivity index (χ3n) is 2.74. The van der Waals surface area contributed by atoms with E-state index in [4.69, 9.17) is 17.3 Å². The van der Waals surface area contributed by atoms with Crippen LogP contribution in [0, 0.1) is 12.7 Å². The number of nitrogens with one attached hydrogen (secondary N) is 1. The number of carbonyl (C=O) groups is 1. The molecule has 0 aromatic heterocycles. The number of anilines is 2. The molecule has 98 valence electrons. The summed E-state index contributed by atoms with van der Waals surface area (Å²) in [5.74, 6) is -1.13. The minimum atomic E-state index is -0.632. The van der Waals surface area contributed by atoms with Gasteiger partial charge >= 0.3 is 0 Å². The number of para-hydroxylation sites is 1. The normalized spacial score (nSPS) is 10.3. The summed E-state index contributed by atoms with van der Waals surface area (Å²) in [6, 6.07) is 9.36. The fraction of sp³-hybridized carbons (Fsp3) is 0.0714. The summed E-state index contributed by atoms with van der Waals surface area (Å²) in [5, 5.41) is 2.45. The molecule has 0 bridgehead atoms. The van der Waals surface area contributed by atoms with Crippen LogP contribution in [-0.2, 0) is 0 Å². The van der Waals surface area contributed by atoms with Crippen LogP contribution in [0.3, 0.4) is 0 Å². The van der Waals surface area contributed by atoms with Crippen molar-refractivity contribution in [1.82, 2.24) is 0 Å². The van der Waals surface area contributed by atoms with Crippen LogP contribution in [0.25, 0.3) is 0 Å². The second-order valence-electron chi connectivity index (χ2n) is 4.09. The molecule has 2 aromatic rings. The summed E-state index contributed by atoms with van der Waals surface area (Å²) in [5.41, 5.74) is 7.64. The molecule has 2 aromatic carbocycles. The Morgan fingerprint density at radius 2 is 1.95 bits per heavy atom. The molecule has 0 saturated carbocycles. The van der Waals surface area contributed by atoms with Crippen molar-refractivity contribution in [2.45, 2.75) is 6.92 Å². The minimum Gasteiger partial charge on any atom is -0.397 e. The van der Waals surface area contributed by atoms with Crippen LogP contribution in [0.15, 0.2) is 36.4 Å². The van der Waals surface area contributed by atoms with Crippen molar-refractivity contribution in [3.8, 4) is 0 Å². The maximum Gasteiger partial charge on any atom is 0.257 e. The molecule has 0 aliphatic heterocycles. The first-order valence-corrected chi connectivity index (χ1v) is 5.99. The lowest BCUT2D eigenvalue weighted by molar-refractivity contribution is 0.102. The molecule has 0 heterocycles. The Hall–Kier alpha value is -2.07. The summed E-state index contributed by atoms with van der Waals surface area (Å²) < 4.78 is 13.3. The van der Waals surface area contributed by atoms with E-state index in [1.807, 2.05) is 13.0 Å². The van der Waals surface area contributed by atoms with Crippen LogP contribution < -0.4 is 11.1 Å². The predicted molar refractivity (Wildman–Crippen MR) is 75.0 cm³/mol. The first kappa shape index (κ1) is 13.4. The maximum absolute atomic E-state index is 13.3. The SMILES string of the molecule is Cc1cccc(N)c1NC(=O)c1cccc(F)c1Cl. The topological polar surface area (TPSA) is 55.1 Å². The molecule has 1 amide bonds. The Kier molecular flexibility index (Phi) is 3.71. The molecule has 0 aliphatic carbocycles. The van der Waals surface area contributed by atoms with E-state index in [1.54, 1.807) is 12.1 Å². The second-order valence-corrected chi connectivity index (χ2v) is 4.47. The molecule has 0 unspecified atom stereocenters. The van der Waals surface area contributed by atoms with Gasteiger partial charge in [0.2, 0.25) is 0 Å². The number of rotatable bonds is 2. The zero-order valence-corrected chi connectivity index (χ0v) is 11.0. The van der Waals surface area contributed by atoms with Gasteiger partial charge in [-0.25, -0.2) is 4.39 Å². The molecule has 3 N–H and O–H groups in total. The smallest absolute Gasteiger partial charge is 0.257 e. The van der Waals surface area contributed by atoms with Crippen LogP contribution in [-0.4, -0.2) is 5.91 Å². The van der Waals surface area contributed by atoms with Gasteiger partial charge in [0.05, 0.1) is 22.0 Å². The average Bonchev–Trinajstić information content (AvgIpc) is 2.37. The van der Waals surface area contributed by atoms with Crippen molar-refractivity contribution >= 4 is 28.9 Å². The lowest BCUT2D eigenvalue weighted by atomic mass is 10.1. The molecule has 5 heteroatoms. The van der Waals surface area contributed by atoms with Gasteiger partial charge in [-0.05, 0) is 30.7 Å². The third-order valence-corrected chi connectivity index (χ3v) is 3.12. The fourth-order valence-electron chi connectivity index (χ4n) is 1.72. The van der Waals surface area contributed by atoms with Crippen LogP contribution in [0.4, 0.5) is 15.8 Å². The highest BCUT2D eigenvalue weighted by atomic mass is 35.5. The molecule has 0 aliphatic rings. The van der Waals surface area contributed by atoms with E-state index in [0.717, 1.165) is 5.56 Å². The fourth-order valence-corrected chi connectivity index (χ4v) is 1.93. The minimum absolute atomic E-state index is 0.0734. The van der Waals surface area contributed by atoms with E-state index in [9.17, 15) is 9.18 Å². The Labute approximate surface area is 115 Å². The average molecular weight is 279 g/mol. The van der Waals surface area contributed by atoms with Crippen LogP contribution in [0.2, 0.25) is 5.02 Å². The van der Waals surface area contributed by atoms with Gasteiger partial charge in [-0.15, -0.1) is 0 Å². The van der Waals surface area contributed by atoms with Gasteiger partial charge in [0.25, 0.3) is 5.91 Å².